The van der Waals surface area contributed by atoms with Gasteiger partial charge in [0.25, 0.3) is 0 Å². The van der Waals surface area contributed by atoms with Gasteiger partial charge in [-0.2, -0.15) is 0 Å². The van der Waals surface area contributed by atoms with Crippen LogP contribution in [0.1, 0.15) is 5.56 Å². The van der Waals surface area contributed by atoms with Crippen molar-refractivity contribution in [3.63, 3.8) is 0 Å². The molecule has 1 aromatic rings. The van der Waals surface area contributed by atoms with Crippen LogP contribution in [0.25, 0.3) is 6.08 Å². The molecule has 0 spiro atoms. The van der Waals surface area contributed by atoms with E-state index in [2.05, 4.69) is 4.72 Å². The minimum absolute atomic E-state index is 0.449. The first kappa shape index (κ1) is 13.9. The van der Waals surface area contributed by atoms with Crippen molar-refractivity contribution in [2.75, 3.05) is 13.2 Å². The summed E-state index contributed by atoms with van der Waals surface area (Å²) >= 11 is 0. The Hall–Kier alpha value is -1.21. The van der Waals surface area contributed by atoms with Gasteiger partial charge in [0, 0.05) is 5.41 Å². The summed E-state index contributed by atoms with van der Waals surface area (Å²) < 4.78 is 25.2. The van der Waals surface area contributed by atoms with Crippen molar-refractivity contribution in [3.05, 3.63) is 41.3 Å². The fraction of sp³-hybridized carbons (Fsp3) is 0.273. The van der Waals surface area contributed by atoms with Gasteiger partial charge >= 0.3 is 0 Å². The van der Waals surface area contributed by atoms with Crippen molar-refractivity contribution < 1.29 is 18.6 Å². The Bertz CT molecular complexity index is 452. The predicted molar refractivity (Wildman–Crippen MR) is 65.5 cm³/mol. The molecule has 0 saturated heterocycles. The summed E-state index contributed by atoms with van der Waals surface area (Å²) in [5.74, 6) is 0. The Balaban J connectivity index is 2.70. The Morgan fingerprint density at radius 2 is 1.76 bits per heavy atom. The van der Waals surface area contributed by atoms with Gasteiger partial charge in [0.2, 0.25) is 10.0 Å². The summed E-state index contributed by atoms with van der Waals surface area (Å²) in [6, 6.07) is 8.08. The third-order valence-corrected chi connectivity index (χ3v) is 3.17. The second-order valence-corrected chi connectivity index (χ2v) is 5.04. The Kier molecular flexibility index (Phi) is 5.30. The first-order valence-electron chi connectivity index (χ1n) is 5.04. The van der Waals surface area contributed by atoms with Crippen LogP contribution in [0.15, 0.2) is 35.7 Å². The van der Waals surface area contributed by atoms with Gasteiger partial charge in [-0.3, -0.25) is 0 Å². The van der Waals surface area contributed by atoms with E-state index in [9.17, 15) is 8.42 Å². The second kappa shape index (κ2) is 6.51. The molecular weight excluding hydrogens is 242 g/mol. The standard InChI is InChI=1S/C11H15NO4S/c13-8-11(9-14)12-17(15,16)7-6-10-4-2-1-3-5-10/h1-7,11-14H,8-9H2. The van der Waals surface area contributed by atoms with Crippen LogP contribution in [0.2, 0.25) is 0 Å². The average molecular weight is 257 g/mol. The van der Waals surface area contributed by atoms with E-state index < -0.39 is 29.3 Å². The fourth-order valence-corrected chi connectivity index (χ4v) is 2.16. The second-order valence-electron chi connectivity index (χ2n) is 3.44. The number of aliphatic hydroxyl groups is 2. The Morgan fingerprint density at radius 1 is 1.18 bits per heavy atom. The van der Waals surface area contributed by atoms with Crippen LogP contribution in [0, 0.1) is 0 Å². The molecular formula is C11H15NO4S. The first-order valence-corrected chi connectivity index (χ1v) is 6.59. The highest BCUT2D eigenvalue weighted by Gasteiger charge is 2.13. The van der Waals surface area contributed by atoms with Crippen LogP contribution in [0.3, 0.4) is 0 Å². The van der Waals surface area contributed by atoms with E-state index in [1.165, 1.54) is 6.08 Å². The molecule has 17 heavy (non-hydrogen) atoms. The molecule has 0 aliphatic rings. The van der Waals surface area contributed by atoms with Crippen LogP contribution in [0.4, 0.5) is 0 Å². The largest absolute Gasteiger partial charge is 0.395 e. The molecule has 0 saturated carbocycles. The molecule has 0 unspecified atom stereocenters. The quantitative estimate of drug-likeness (QED) is 0.666. The van der Waals surface area contributed by atoms with Crippen molar-refractivity contribution >= 4 is 16.1 Å². The van der Waals surface area contributed by atoms with Crippen LogP contribution >= 0.6 is 0 Å². The molecule has 0 bridgehead atoms. The number of hydrogen-bond acceptors (Lipinski definition) is 4. The van der Waals surface area contributed by atoms with Gasteiger partial charge in [-0.25, -0.2) is 13.1 Å². The highest BCUT2D eigenvalue weighted by molar-refractivity contribution is 7.92. The van der Waals surface area contributed by atoms with Gasteiger partial charge in [-0.1, -0.05) is 30.3 Å². The molecule has 0 aliphatic heterocycles. The monoisotopic (exact) mass is 257 g/mol. The zero-order valence-electron chi connectivity index (χ0n) is 9.15. The third kappa shape index (κ3) is 5.10. The number of aliphatic hydroxyl groups excluding tert-OH is 2. The van der Waals surface area contributed by atoms with Crippen molar-refractivity contribution in [2.24, 2.45) is 0 Å². The van der Waals surface area contributed by atoms with E-state index >= 15 is 0 Å². The van der Waals surface area contributed by atoms with Crippen molar-refractivity contribution in [1.82, 2.24) is 4.72 Å². The zero-order chi connectivity index (χ0) is 12.7. The lowest BCUT2D eigenvalue weighted by atomic mass is 10.2. The number of sulfonamides is 1. The van der Waals surface area contributed by atoms with Crippen molar-refractivity contribution in [3.8, 4) is 0 Å². The third-order valence-electron chi connectivity index (χ3n) is 2.01. The maximum atomic E-state index is 11.5. The molecule has 0 amide bonds. The van der Waals surface area contributed by atoms with Crippen molar-refractivity contribution in [2.45, 2.75) is 6.04 Å². The normalized spacial score (nSPS) is 12.4. The number of hydrogen-bond donors (Lipinski definition) is 3. The topological polar surface area (TPSA) is 86.6 Å². The minimum atomic E-state index is -3.65. The predicted octanol–water partition coefficient (Wildman–Crippen LogP) is -0.0701. The van der Waals surface area contributed by atoms with E-state index in [0.717, 1.165) is 11.0 Å². The van der Waals surface area contributed by atoms with Gasteiger partial charge in [0.15, 0.2) is 0 Å². The van der Waals surface area contributed by atoms with E-state index in [-0.39, 0.29) is 0 Å². The van der Waals surface area contributed by atoms with E-state index in [4.69, 9.17) is 10.2 Å². The summed E-state index contributed by atoms with van der Waals surface area (Å²) in [6.07, 6.45) is 1.44. The first-order chi connectivity index (χ1) is 8.07. The lowest BCUT2D eigenvalue weighted by molar-refractivity contribution is 0.185. The molecule has 0 aliphatic carbocycles. The van der Waals surface area contributed by atoms with Crippen LogP contribution < -0.4 is 4.72 Å². The molecule has 0 atom stereocenters. The Morgan fingerprint density at radius 3 is 2.29 bits per heavy atom. The summed E-state index contributed by atoms with van der Waals surface area (Å²) in [6.45, 7) is -0.899. The van der Waals surface area contributed by atoms with E-state index in [0.29, 0.717) is 0 Å². The highest BCUT2D eigenvalue weighted by atomic mass is 32.2. The summed E-state index contributed by atoms with van der Waals surface area (Å²) in [4.78, 5) is 0. The van der Waals surface area contributed by atoms with Gasteiger partial charge in [-0.05, 0) is 11.6 Å². The number of nitrogens with one attached hydrogen (secondary N) is 1. The average Bonchev–Trinajstić information content (AvgIpc) is 2.35. The lowest BCUT2D eigenvalue weighted by Gasteiger charge is -2.10. The maximum Gasteiger partial charge on any atom is 0.234 e. The van der Waals surface area contributed by atoms with Crippen LogP contribution in [0.5, 0.6) is 0 Å². The number of rotatable bonds is 6. The molecule has 5 nitrogen and oxygen atoms in total. The smallest absolute Gasteiger partial charge is 0.234 e. The maximum absolute atomic E-state index is 11.5. The Labute approximate surface area is 100 Å². The SMILES string of the molecule is O=S(=O)(C=Cc1ccccc1)NC(CO)CO. The molecule has 0 radical (unpaired) electrons. The molecule has 0 aromatic heterocycles. The molecule has 94 valence electrons. The minimum Gasteiger partial charge on any atom is -0.395 e. The van der Waals surface area contributed by atoms with E-state index in [1.807, 2.05) is 6.07 Å². The van der Waals surface area contributed by atoms with Crippen LogP contribution in [-0.4, -0.2) is 37.9 Å². The molecule has 0 heterocycles. The fourth-order valence-electron chi connectivity index (χ4n) is 1.14. The van der Waals surface area contributed by atoms with Gasteiger partial charge in [0.05, 0.1) is 19.3 Å². The number of benzene rings is 1. The van der Waals surface area contributed by atoms with Gasteiger partial charge in [-0.15, -0.1) is 0 Å². The lowest BCUT2D eigenvalue weighted by Crippen LogP contribution is -2.38. The highest BCUT2D eigenvalue weighted by Crippen LogP contribution is 2.03. The summed E-state index contributed by atoms with van der Waals surface area (Å²) in [5.41, 5.74) is 0.752. The molecule has 3 N–H and O–H groups in total. The molecule has 1 aromatic carbocycles. The summed E-state index contributed by atoms with van der Waals surface area (Å²) in [5, 5.41) is 18.5. The zero-order valence-corrected chi connectivity index (χ0v) is 9.97. The molecule has 1 rings (SSSR count). The van der Waals surface area contributed by atoms with Crippen molar-refractivity contribution in [1.29, 1.82) is 0 Å². The molecule has 0 fully saturated rings. The summed E-state index contributed by atoms with van der Waals surface area (Å²) in [7, 11) is -3.65. The molecule has 6 heteroatoms. The van der Waals surface area contributed by atoms with E-state index in [1.54, 1.807) is 24.3 Å². The van der Waals surface area contributed by atoms with Gasteiger partial charge in [0.1, 0.15) is 0 Å². The van der Waals surface area contributed by atoms with Gasteiger partial charge < -0.3 is 10.2 Å². The van der Waals surface area contributed by atoms with Crippen LogP contribution in [-0.2, 0) is 10.0 Å².